The van der Waals surface area contributed by atoms with Gasteiger partial charge in [-0.2, -0.15) is 0 Å². The lowest BCUT2D eigenvalue weighted by Crippen LogP contribution is -2.19. The van der Waals surface area contributed by atoms with Crippen LogP contribution in [0, 0.1) is 5.92 Å². The van der Waals surface area contributed by atoms with Gasteiger partial charge in [0.2, 0.25) is 0 Å². The van der Waals surface area contributed by atoms with Crippen LogP contribution in [0.1, 0.15) is 19.4 Å². The molecule has 0 aromatic heterocycles. The molecule has 0 fully saturated rings. The first-order chi connectivity index (χ1) is 6.18. The summed E-state index contributed by atoms with van der Waals surface area (Å²) in [5, 5.41) is 3.37. The van der Waals surface area contributed by atoms with Crippen molar-refractivity contribution in [3.05, 3.63) is 29.8 Å². The van der Waals surface area contributed by atoms with Gasteiger partial charge < -0.3 is 5.32 Å². The Hall–Kier alpha value is -0.755. The number of rotatable bonds is 4. The SMILES string of the molecule is [B]c1cccc(CNCC(C)C)c1. The van der Waals surface area contributed by atoms with Crippen LogP contribution >= 0.6 is 0 Å². The van der Waals surface area contributed by atoms with E-state index in [2.05, 4.69) is 25.2 Å². The van der Waals surface area contributed by atoms with Crippen LogP contribution in [-0.2, 0) is 6.54 Å². The molecule has 2 heteroatoms. The largest absolute Gasteiger partial charge is 0.312 e. The zero-order chi connectivity index (χ0) is 9.68. The van der Waals surface area contributed by atoms with Gasteiger partial charge in [-0.05, 0) is 18.0 Å². The molecule has 2 radical (unpaired) electrons. The molecule has 13 heavy (non-hydrogen) atoms. The minimum Gasteiger partial charge on any atom is -0.312 e. The highest BCUT2D eigenvalue weighted by Gasteiger charge is 1.94. The maximum atomic E-state index is 5.66. The molecule has 68 valence electrons. The second-order valence-electron chi connectivity index (χ2n) is 3.77. The highest BCUT2D eigenvalue weighted by Crippen LogP contribution is 1.96. The highest BCUT2D eigenvalue weighted by molar-refractivity contribution is 6.32. The van der Waals surface area contributed by atoms with E-state index >= 15 is 0 Å². The number of benzene rings is 1. The second kappa shape index (κ2) is 5.08. The van der Waals surface area contributed by atoms with Crippen molar-refractivity contribution < 1.29 is 0 Å². The summed E-state index contributed by atoms with van der Waals surface area (Å²) in [5.74, 6) is 0.695. The fourth-order valence-electron chi connectivity index (χ4n) is 1.21. The number of nitrogens with one attached hydrogen (secondary N) is 1. The van der Waals surface area contributed by atoms with Crippen LogP contribution < -0.4 is 10.8 Å². The van der Waals surface area contributed by atoms with E-state index in [9.17, 15) is 0 Å². The molecule has 0 atom stereocenters. The van der Waals surface area contributed by atoms with Gasteiger partial charge in [0.1, 0.15) is 7.85 Å². The quantitative estimate of drug-likeness (QED) is 0.675. The van der Waals surface area contributed by atoms with E-state index in [1.54, 1.807) is 0 Å². The molecule has 0 heterocycles. The summed E-state index contributed by atoms with van der Waals surface area (Å²) < 4.78 is 0. The molecule has 0 aliphatic rings. The molecular formula is C11H16BN. The van der Waals surface area contributed by atoms with E-state index in [4.69, 9.17) is 7.85 Å². The van der Waals surface area contributed by atoms with Crippen LogP contribution in [0.3, 0.4) is 0 Å². The average Bonchev–Trinajstić information content (AvgIpc) is 2.03. The Bertz CT molecular complexity index is 258. The van der Waals surface area contributed by atoms with Crippen molar-refractivity contribution in [1.82, 2.24) is 5.32 Å². The maximum absolute atomic E-state index is 5.66. The second-order valence-corrected chi connectivity index (χ2v) is 3.77. The molecule has 0 aliphatic heterocycles. The van der Waals surface area contributed by atoms with E-state index < -0.39 is 0 Å². The Labute approximate surface area is 82.0 Å². The molecule has 1 aromatic carbocycles. The Morgan fingerprint density at radius 1 is 1.38 bits per heavy atom. The molecule has 0 aliphatic carbocycles. The van der Waals surface area contributed by atoms with E-state index in [1.807, 2.05) is 18.2 Å². The Morgan fingerprint density at radius 3 is 2.77 bits per heavy atom. The third-order valence-corrected chi connectivity index (χ3v) is 1.83. The molecule has 0 spiro atoms. The zero-order valence-electron chi connectivity index (χ0n) is 8.38. The first-order valence-electron chi connectivity index (χ1n) is 4.73. The van der Waals surface area contributed by atoms with Crippen LogP contribution in [0.2, 0.25) is 0 Å². The minimum absolute atomic E-state index is 0.695. The summed E-state index contributed by atoms with van der Waals surface area (Å²) in [4.78, 5) is 0. The first kappa shape index (κ1) is 10.3. The van der Waals surface area contributed by atoms with Crippen LogP contribution in [0.25, 0.3) is 0 Å². The fraction of sp³-hybridized carbons (Fsp3) is 0.455. The average molecular weight is 173 g/mol. The minimum atomic E-state index is 0.695. The summed E-state index contributed by atoms with van der Waals surface area (Å²) in [5.41, 5.74) is 2.09. The van der Waals surface area contributed by atoms with E-state index in [1.165, 1.54) is 5.56 Å². The molecule has 0 bridgehead atoms. The molecule has 0 unspecified atom stereocenters. The van der Waals surface area contributed by atoms with Gasteiger partial charge in [-0.3, -0.25) is 0 Å². The predicted octanol–water partition coefficient (Wildman–Crippen LogP) is 1.23. The zero-order valence-corrected chi connectivity index (χ0v) is 8.38. The van der Waals surface area contributed by atoms with Crippen molar-refractivity contribution in [2.24, 2.45) is 5.92 Å². The lowest BCUT2D eigenvalue weighted by molar-refractivity contribution is 0.552. The number of hydrogen-bond acceptors (Lipinski definition) is 1. The normalized spacial score (nSPS) is 10.7. The van der Waals surface area contributed by atoms with E-state index in [0.29, 0.717) is 5.92 Å². The summed E-state index contributed by atoms with van der Waals surface area (Å²) in [6.45, 7) is 6.36. The first-order valence-corrected chi connectivity index (χ1v) is 4.73. The summed E-state index contributed by atoms with van der Waals surface area (Å²) in [6, 6.07) is 7.99. The third-order valence-electron chi connectivity index (χ3n) is 1.83. The van der Waals surface area contributed by atoms with Gasteiger partial charge in [0, 0.05) is 6.54 Å². The molecule has 0 saturated heterocycles. The van der Waals surface area contributed by atoms with Gasteiger partial charge >= 0.3 is 0 Å². The predicted molar refractivity (Wildman–Crippen MR) is 58.4 cm³/mol. The summed E-state index contributed by atoms with van der Waals surface area (Å²) >= 11 is 0. The van der Waals surface area contributed by atoms with Gasteiger partial charge in [0.05, 0.1) is 0 Å². The van der Waals surface area contributed by atoms with Crippen molar-refractivity contribution >= 4 is 13.3 Å². The number of hydrogen-bond donors (Lipinski definition) is 1. The van der Waals surface area contributed by atoms with Gasteiger partial charge in [-0.25, -0.2) is 0 Å². The van der Waals surface area contributed by atoms with Gasteiger partial charge in [-0.1, -0.05) is 43.6 Å². The molecule has 1 aromatic rings. The van der Waals surface area contributed by atoms with Gasteiger partial charge in [0.25, 0.3) is 0 Å². The summed E-state index contributed by atoms with van der Waals surface area (Å²) in [7, 11) is 5.66. The molecule has 0 saturated carbocycles. The summed E-state index contributed by atoms with van der Waals surface area (Å²) in [6.07, 6.45) is 0. The van der Waals surface area contributed by atoms with Crippen molar-refractivity contribution in [3.8, 4) is 0 Å². The Morgan fingerprint density at radius 2 is 2.15 bits per heavy atom. The molecule has 1 nitrogen and oxygen atoms in total. The van der Waals surface area contributed by atoms with Crippen LogP contribution in [0.4, 0.5) is 0 Å². The van der Waals surface area contributed by atoms with Crippen molar-refractivity contribution in [3.63, 3.8) is 0 Å². The lowest BCUT2D eigenvalue weighted by Gasteiger charge is -2.07. The maximum Gasteiger partial charge on any atom is 0.113 e. The standard InChI is InChI=1S/C11H16BN/c1-9(2)7-13-8-10-4-3-5-11(12)6-10/h3-6,9,13H,7-8H2,1-2H3. The van der Waals surface area contributed by atoms with E-state index in [0.717, 1.165) is 18.6 Å². The van der Waals surface area contributed by atoms with Gasteiger partial charge in [0.15, 0.2) is 0 Å². The van der Waals surface area contributed by atoms with Crippen molar-refractivity contribution in [1.29, 1.82) is 0 Å². The smallest absolute Gasteiger partial charge is 0.113 e. The molecule has 1 N–H and O–H groups in total. The highest BCUT2D eigenvalue weighted by atomic mass is 14.8. The van der Waals surface area contributed by atoms with E-state index in [-0.39, 0.29) is 0 Å². The van der Waals surface area contributed by atoms with Crippen molar-refractivity contribution in [2.75, 3.05) is 6.54 Å². The Balaban J connectivity index is 2.37. The lowest BCUT2D eigenvalue weighted by atomic mass is 9.94. The molecular weight excluding hydrogens is 157 g/mol. The molecule has 0 amide bonds. The third kappa shape index (κ3) is 4.14. The molecule has 1 rings (SSSR count). The fourth-order valence-corrected chi connectivity index (χ4v) is 1.21. The van der Waals surface area contributed by atoms with Crippen LogP contribution in [0.5, 0.6) is 0 Å². The van der Waals surface area contributed by atoms with Crippen LogP contribution in [-0.4, -0.2) is 14.4 Å². The van der Waals surface area contributed by atoms with Gasteiger partial charge in [-0.15, -0.1) is 0 Å². The Kier molecular flexibility index (Phi) is 4.03. The topological polar surface area (TPSA) is 12.0 Å². The van der Waals surface area contributed by atoms with Crippen LogP contribution in [0.15, 0.2) is 24.3 Å². The monoisotopic (exact) mass is 173 g/mol. The van der Waals surface area contributed by atoms with Crippen molar-refractivity contribution in [2.45, 2.75) is 20.4 Å².